The Kier molecular flexibility index (Phi) is 6.72. The number of carbonyl (C=O) groups excluding carboxylic acids is 2. The number of carbonyl (C=O) groups is 2. The van der Waals surface area contributed by atoms with Crippen molar-refractivity contribution in [3.05, 3.63) is 64.0 Å². The van der Waals surface area contributed by atoms with Gasteiger partial charge in [0.15, 0.2) is 0 Å². The largest absolute Gasteiger partial charge is 0.497 e. The summed E-state index contributed by atoms with van der Waals surface area (Å²) in [6.45, 7) is 0.227. The van der Waals surface area contributed by atoms with E-state index in [-0.39, 0.29) is 24.8 Å². The Hall–Kier alpha value is -2.35. The number of methoxy groups -OCH3 is 1. The molecular formula is C20H17ClN2O3S2. The molecule has 8 heteroatoms. The normalized spacial score (nSPS) is 15.2. The van der Waals surface area contributed by atoms with Gasteiger partial charge in [0.2, 0.25) is 5.91 Å². The molecule has 0 spiro atoms. The SMILES string of the molecule is COc1ccc(NC(=O)CCN2C(=O)/C(=C/c3ccc(Cl)cc3)SC2=S)cc1. The van der Waals surface area contributed by atoms with Crippen molar-refractivity contribution >= 4 is 63.5 Å². The van der Waals surface area contributed by atoms with Gasteiger partial charge >= 0.3 is 0 Å². The molecule has 0 atom stereocenters. The molecule has 2 amide bonds. The van der Waals surface area contributed by atoms with Crippen molar-refractivity contribution in [3.63, 3.8) is 0 Å². The third-order valence-electron chi connectivity index (χ3n) is 3.98. The lowest BCUT2D eigenvalue weighted by Crippen LogP contribution is -2.31. The predicted molar refractivity (Wildman–Crippen MR) is 118 cm³/mol. The first-order chi connectivity index (χ1) is 13.5. The van der Waals surface area contributed by atoms with Crippen LogP contribution in [0.5, 0.6) is 5.75 Å². The molecule has 0 saturated carbocycles. The van der Waals surface area contributed by atoms with Crippen LogP contribution in [-0.4, -0.2) is 34.7 Å². The van der Waals surface area contributed by atoms with Gasteiger partial charge in [-0.1, -0.05) is 47.7 Å². The highest BCUT2D eigenvalue weighted by atomic mass is 35.5. The quantitative estimate of drug-likeness (QED) is 0.535. The van der Waals surface area contributed by atoms with E-state index in [1.54, 1.807) is 49.6 Å². The molecule has 1 aliphatic heterocycles. The smallest absolute Gasteiger partial charge is 0.266 e. The summed E-state index contributed by atoms with van der Waals surface area (Å²) in [5, 5.41) is 3.43. The summed E-state index contributed by atoms with van der Waals surface area (Å²) >= 11 is 12.4. The Morgan fingerprint density at radius 1 is 1.21 bits per heavy atom. The van der Waals surface area contributed by atoms with E-state index in [0.717, 1.165) is 5.56 Å². The number of thiocarbonyl (C=S) groups is 1. The van der Waals surface area contributed by atoms with E-state index in [1.165, 1.54) is 16.7 Å². The Labute approximate surface area is 177 Å². The van der Waals surface area contributed by atoms with Crippen molar-refractivity contribution in [2.45, 2.75) is 6.42 Å². The Morgan fingerprint density at radius 2 is 1.89 bits per heavy atom. The number of amides is 2. The topological polar surface area (TPSA) is 58.6 Å². The van der Waals surface area contributed by atoms with E-state index >= 15 is 0 Å². The number of anilines is 1. The molecule has 1 N–H and O–H groups in total. The molecule has 0 radical (unpaired) electrons. The van der Waals surface area contributed by atoms with Crippen molar-refractivity contribution < 1.29 is 14.3 Å². The summed E-state index contributed by atoms with van der Waals surface area (Å²) in [5.74, 6) is 0.325. The highest BCUT2D eigenvalue weighted by molar-refractivity contribution is 8.26. The average molecular weight is 433 g/mol. The number of hydrogen-bond donors (Lipinski definition) is 1. The Morgan fingerprint density at radius 3 is 2.54 bits per heavy atom. The van der Waals surface area contributed by atoms with E-state index in [0.29, 0.717) is 25.7 Å². The van der Waals surface area contributed by atoms with Crippen molar-refractivity contribution in [3.8, 4) is 5.75 Å². The summed E-state index contributed by atoms with van der Waals surface area (Å²) in [4.78, 5) is 26.8. The highest BCUT2D eigenvalue weighted by Gasteiger charge is 2.32. The minimum absolute atomic E-state index is 0.146. The van der Waals surface area contributed by atoms with Gasteiger partial charge in [0.05, 0.1) is 12.0 Å². The summed E-state index contributed by atoms with van der Waals surface area (Å²) in [6.07, 6.45) is 1.92. The van der Waals surface area contributed by atoms with Crippen LogP contribution in [0.2, 0.25) is 5.02 Å². The molecule has 3 rings (SSSR count). The van der Waals surface area contributed by atoms with Gasteiger partial charge in [-0.25, -0.2) is 0 Å². The summed E-state index contributed by atoms with van der Waals surface area (Å²) in [7, 11) is 1.58. The first kappa shape index (κ1) is 20.4. The molecule has 1 heterocycles. The molecular weight excluding hydrogens is 416 g/mol. The highest BCUT2D eigenvalue weighted by Crippen LogP contribution is 2.32. The zero-order chi connectivity index (χ0) is 20.1. The lowest BCUT2D eigenvalue weighted by molar-refractivity contribution is -0.122. The third kappa shape index (κ3) is 5.13. The van der Waals surface area contributed by atoms with E-state index in [4.69, 9.17) is 28.6 Å². The molecule has 144 valence electrons. The zero-order valence-corrected chi connectivity index (χ0v) is 17.4. The second-order valence-electron chi connectivity index (χ2n) is 5.91. The standard InChI is InChI=1S/C20H17ClN2O3S2/c1-26-16-8-6-15(7-9-16)22-18(24)10-11-23-19(25)17(28-20(23)27)12-13-2-4-14(21)5-3-13/h2-9,12H,10-11H2,1H3,(H,22,24)/b17-12-. The van der Waals surface area contributed by atoms with Gasteiger partial charge in [-0.3, -0.25) is 14.5 Å². The van der Waals surface area contributed by atoms with Crippen LogP contribution < -0.4 is 10.1 Å². The number of nitrogens with zero attached hydrogens (tertiary/aromatic N) is 1. The molecule has 0 bridgehead atoms. The van der Waals surface area contributed by atoms with Crippen LogP contribution >= 0.6 is 35.6 Å². The number of halogens is 1. The number of rotatable bonds is 6. The van der Waals surface area contributed by atoms with Gasteiger partial charge in [-0.05, 0) is 48.0 Å². The van der Waals surface area contributed by atoms with Gasteiger partial charge in [0, 0.05) is 23.7 Å². The average Bonchev–Trinajstić information content (AvgIpc) is 2.95. The lowest BCUT2D eigenvalue weighted by atomic mass is 10.2. The predicted octanol–water partition coefficient (Wildman–Crippen LogP) is 4.58. The van der Waals surface area contributed by atoms with Crippen LogP contribution in [0.4, 0.5) is 5.69 Å². The molecule has 2 aromatic rings. The van der Waals surface area contributed by atoms with E-state index in [1.807, 2.05) is 12.1 Å². The fourth-order valence-electron chi connectivity index (χ4n) is 2.51. The van der Waals surface area contributed by atoms with E-state index in [9.17, 15) is 9.59 Å². The van der Waals surface area contributed by atoms with Crippen molar-refractivity contribution in [2.75, 3.05) is 19.0 Å². The zero-order valence-electron chi connectivity index (χ0n) is 15.0. The second-order valence-corrected chi connectivity index (χ2v) is 8.02. The van der Waals surface area contributed by atoms with Gasteiger partial charge in [0.25, 0.3) is 5.91 Å². The first-order valence-corrected chi connectivity index (χ1v) is 10.0. The molecule has 1 fully saturated rings. The summed E-state index contributed by atoms with van der Waals surface area (Å²) in [6, 6.07) is 14.2. The van der Waals surface area contributed by atoms with E-state index in [2.05, 4.69) is 5.32 Å². The molecule has 0 unspecified atom stereocenters. The summed E-state index contributed by atoms with van der Waals surface area (Å²) in [5.41, 5.74) is 1.53. The lowest BCUT2D eigenvalue weighted by Gasteiger charge is -2.14. The van der Waals surface area contributed by atoms with Crippen LogP contribution in [-0.2, 0) is 9.59 Å². The van der Waals surface area contributed by atoms with Crippen LogP contribution in [0.25, 0.3) is 6.08 Å². The molecule has 0 aromatic heterocycles. The molecule has 1 saturated heterocycles. The van der Waals surface area contributed by atoms with Crippen molar-refractivity contribution in [1.82, 2.24) is 4.90 Å². The molecule has 1 aliphatic rings. The van der Waals surface area contributed by atoms with Gasteiger partial charge in [-0.2, -0.15) is 0 Å². The van der Waals surface area contributed by atoms with Crippen molar-refractivity contribution in [2.24, 2.45) is 0 Å². The number of benzene rings is 2. The number of hydrogen-bond acceptors (Lipinski definition) is 5. The van der Waals surface area contributed by atoms with Gasteiger partial charge in [-0.15, -0.1) is 0 Å². The maximum atomic E-state index is 12.6. The molecule has 2 aromatic carbocycles. The van der Waals surface area contributed by atoms with E-state index < -0.39 is 0 Å². The van der Waals surface area contributed by atoms with Crippen LogP contribution in [0, 0.1) is 0 Å². The first-order valence-electron chi connectivity index (χ1n) is 8.41. The summed E-state index contributed by atoms with van der Waals surface area (Å²) < 4.78 is 5.53. The monoisotopic (exact) mass is 432 g/mol. The van der Waals surface area contributed by atoms with Crippen molar-refractivity contribution in [1.29, 1.82) is 0 Å². The number of ether oxygens (including phenoxy) is 1. The molecule has 0 aliphatic carbocycles. The Balaban J connectivity index is 1.57. The minimum atomic E-state index is -0.194. The van der Waals surface area contributed by atoms with Gasteiger partial charge in [0.1, 0.15) is 10.1 Å². The number of thioether (sulfide) groups is 1. The molecule has 28 heavy (non-hydrogen) atoms. The minimum Gasteiger partial charge on any atom is -0.497 e. The second kappa shape index (κ2) is 9.23. The van der Waals surface area contributed by atoms with Crippen LogP contribution in [0.15, 0.2) is 53.4 Å². The maximum Gasteiger partial charge on any atom is 0.266 e. The van der Waals surface area contributed by atoms with Crippen LogP contribution in [0.1, 0.15) is 12.0 Å². The van der Waals surface area contributed by atoms with Gasteiger partial charge < -0.3 is 10.1 Å². The molecule has 5 nitrogen and oxygen atoms in total. The fraction of sp³-hybridized carbons (Fsp3) is 0.150. The Bertz CT molecular complexity index is 927. The number of nitrogens with one attached hydrogen (secondary N) is 1. The maximum absolute atomic E-state index is 12.6. The van der Waals surface area contributed by atoms with Crippen LogP contribution in [0.3, 0.4) is 0 Å². The third-order valence-corrected chi connectivity index (χ3v) is 5.61. The fourth-order valence-corrected chi connectivity index (χ4v) is 3.95.